The number of phenols is 1. The van der Waals surface area contributed by atoms with Crippen molar-refractivity contribution in [2.45, 2.75) is 13.0 Å². The van der Waals surface area contributed by atoms with Crippen LogP contribution in [0.15, 0.2) is 22.7 Å². The van der Waals surface area contributed by atoms with Gasteiger partial charge >= 0.3 is 0 Å². The molecule has 0 amide bonds. The van der Waals surface area contributed by atoms with Crippen molar-refractivity contribution in [1.29, 1.82) is 0 Å². The molecule has 100 valence electrons. The molecule has 0 aliphatic carbocycles. The van der Waals surface area contributed by atoms with Crippen LogP contribution in [0.3, 0.4) is 0 Å². The molecule has 0 saturated carbocycles. The zero-order valence-electron chi connectivity index (χ0n) is 11.1. The minimum absolute atomic E-state index is 0.304. The highest BCUT2D eigenvalue weighted by molar-refractivity contribution is 9.10. The summed E-state index contributed by atoms with van der Waals surface area (Å²) in [4.78, 5) is 4.76. The van der Waals surface area contributed by atoms with Crippen LogP contribution < -0.4 is 0 Å². The number of benzene rings is 1. The molecular formula is C14H21BrN2O. The second-order valence-corrected chi connectivity index (χ2v) is 6.25. The first kappa shape index (κ1) is 13.8. The third-order valence-electron chi connectivity index (χ3n) is 3.52. The van der Waals surface area contributed by atoms with Crippen molar-refractivity contribution in [3.8, 4) is 5.75 Å². The minimum Gasteiger partial charge on any atom is -0.507 e. The quantitative estimate of drug-likeness (QED) is 0.925. The molecule has 1 saturated heterocycles. The largest absolute Gasteiger partial charge is 0.507 e. The molecule has 0 radical (unpaired) electrons. The molecule has 1 aromatic rings. The van der Waals surface area contributed by atoms with Gasteiger partial charge in [-0.1, -0.05) is 6.07 Å². The summed E-state index contributed by atoms with van der Waals surface area (Å²) in [5.41, 5.74) is 1.23. The summed E-state index contributed by atoms with van der Waals surface area (Å²) in [7, 11) is 4.36. The number of rotatable bonds is 4. The van der Waals surface area contributed by atoms with E-state index in [1.54, 1.807) is 6.07 Å². The molecule has 1 aromatic carbocycles. The molecule has 1 atom stereocenters. The summed E-state index contributed by atoms with van der Waals surface area (Å²) in [5, 5.41) is 9.47. The second kappa shape index (κ2) is 6.04. The van der Waals surface area contributed by atoms with Gasteiger partial charge in [-0.25, -0.2) is 0 Å². The average Bonchev–Trinajstić information content (AvgIpc) is 2.69. The van der Waals surface area contributed by atoms with Gasteiger partial charge in [-0.3, -0.25) is 0 Å². The van der Waals surface area contributed by atoms with Crippen LogP contribution in [0.2, 0.25) is 0 Å². The molecule has 1 aliphatic rings. The van der Waals surface area contributed by atoms with E-state index in [0.717, 1.165) is 23.5 Å². The second-order valence-electron chi connectivity index (χ2n) is 5.40. The Morgan fingerprint density at radius 3 is 2.89 bits per heavy atom. The SMILES string of the molecule is CN1CCC(CN(C)Cc2ccc(O)c(Br)c2)C1. The number of phenolic OH excluding ortho intramolecular Hbond substituents is 1. The van der Waals surface area contributed by atoms with E-state index in [4.69, 9.17) is 0 Å². The Hall–Kier alpha value is -0.580. The van der Waals surface area contributed by atoms with Crippen LogP contribution in [0.4, 0.5) is 0 Å². The lowest BCUT2D eigenvalue weighted by Gasteiger charge is -2.21. The van der Waals surface area contributed by atoms with Gasteiger partial charge in [-0.05, 0) is 66.6 Å². The predicted molar refractivity (Wildman–Crippen MR) is 77.7 cm³/mol. The Bertz CT molecular complexity index is 411. The lowest BCUT2D eigenvalue weighted by molar-refractivity contribution is 0.267. The van der Waals surface area contributed by atoms with Crippen LogP contribution in [-0.2, 0) is 6.54 Å². The molecule has 18 heavy (non-hydrogen) atoms. The zero-order valence-corrected chi connectivity index (χ0v) is 12.7. The van der Waals surface area contributed by atoms with Crippen molar-refractivity contribution >= 4 is 15.9 Å². The summed E-state index contributed by atoms with van der Waals surface area (Å²) < 4.78 is 0.772. The molecule has 0 bridgehead atoms. The fraction of sp³-hybridized carbons (Fsp3) is 0.571. The maximum absolute atomic E-state index is 9.47. The molecule has 3 nitrogen and oxygen atoms in total. The van der Waals surface area contributed by atoms with Crippen LogP contribution in [0.1, 0.15) is 12.0 Å². The smallest absolute Gasteiger partial charge is 0.129 e. The Balaban J connectivity index is 1.86. The van der Waals surface area contributed by atoms with Gasteiger partial charge in [0.2, 0.25) is 0 Å². The summed E-state index contributed by atoms with van der Waals surface area (Å²) in [6.45, 7) is 4.51. The first-order valence-electron chi connectivity index (χ1n) is 6.39. The Morgan fingerprint density at radius 1 is 1.50 bits per heavy atom. The lowest BCUT2D eigenvalue weighted by atomic mass is 10.1. The lowest BCUT2D eigenvalue weighted by Crippen LogP contribution is -2.27. The molecule has 1 heterocycles. The van der Waals surface area contributed by atoms with E-state index in [1.165, 1.54) is 25.1 Å². The van der Waals surface area contributed by atoms with Crippen molar-refractivity contribution in [3.05, 3.63) is 28.2 Å². The third kappa shape index (κ3) is 3.70. The van der Waals surface area contributed by atoms with Crippen LogP contribution in [0.5, 0.6) is 5.75 Å². The van der Waals surface area contributed by atoms with Gasteiger partial charge in [0, 0.05) is 19.6 Å². The van der Waals surface area contributed by atoms with E-state index in [9.17, 15) is 5.11 Å². The van der Waals surface area contributed by atoms with Gasteiger partial charge in [-0.15, -0.1) is 0 Å². The number of hydrogen-bond donors (Lipinski definition) is 1. The van der Waals surface area contributed by atoms with Gasteiger partial charge < -0.3 is 14.9 Å². The summed E-state index contributed by atoms with van der Waals surface area (Å²) in [6, 6.07) is 5.72. The van der Waals surface area contributed by atoms with Crippen molar-refractivity contribution in [1.82, 2.24) is 9.80 Å². The average molecular weight is 313 g/mol. The Kier molecular flexibility index (Phi) is 4.65. The molecular weight excluding hydrogens is 292 g/mol. The highest BCUT2D eigenvalue weighted by Gasteiger charge is 2.20. The predicted octanol–water partition coefficient (Wildman–Crippen LogP) is 2.54. The van der Waals surface area contributed by atoms with E-state index in [1.807, 2.05) is 12.1 Å². The summed E-state index contributed by atoms with van der Waals surface area (Å²) >= 11 is 3.36. The number of aromatic hydroxyl groups is 1. The minimum atomic E-state index is 0.304. The van der Waals surface area contributed by atoms with E-state index < -0.39 is 0 Å². The zero-order chi connectivity index (χ0) is 13.1. The van der Waals surface area contributed by atoms with E-state index >= 15 is 0 Å². The Labute approximate surface area is 118 Å². The molecule has 1 N–H and O–H groups in total. The topological polar surface area (TPSA) is 26.7 Å². The van der Waals surface area contributed by atoms with Crippen molar-refractivity contribution in [3.63, 3.8) is 0 Å². The summed E-state index contributed by atoms with van der Waals surface area (Å²) in [5.74, 6) is 1.10. The molecule has 0 aromatic heterocycles. The highest BCUT2D eigenvalue weighted by atomic mass is 79.9. The molecule has 0 spiro atoms. The molecule has 1 aliphatic heterocycles. The van der Waals surface area contributed by atoms with Crippen LogP contribution in [-0.4, -0.2) is 48.6 Å². The van der Waals surface area contributed by atoms with Gasteiger partial charge in [0.25, 0.3) is 0 Å². The normalized spacial score (nSPS) is 20.8. The van der Waals surface area contributed by atoms with E-state index in [0.29, 0.717) is 5.75 Å². The van der Waals surface area contributed by atoms with E-state index in [2.05, 4.69) is 39.8 Å². The highest BCUT2D eigenvalue weighted by Crippen LogP contribution is 2.25. The molecule has 4 heteroatoms. The van der Waals surface area contributed by atoms with Gasteiger partial charge in [0.1, 0.15) is 5.75 Å². The molecule has 1 fully saturated rings. The number of nitrogens with zero attached hydrogens (tertiary/aromatic N) is 2. The van der Waals surface area contributed by atoms with Gasteiger partial charge in [0.05, 0.1) is 4.47 Å². The van der Waals surface area contributed by atoms with Crippen molar-refractivity contribution in [2.24, 2.45) is 5.92 Å². The monoisotopic (exact) mass is 312 g/mol. The standard InChI is InChI=1S/C14H21BrN2O/c1-16-6-5-12(9-16)10-17(2)8-11-3-4-14(18)13(15)7-11/h3-4,7,12,18H,5-6,8-10H2,1-2H3. The fourth-order valence-electron chi connectivity index (χ4n) is 2.64. The molecule has 2 rings (SSSR count). The van der Waals surface area contributed by atoms with Crippen LogP contribution >= 0.6 is 15.9 Å². The van der Waals surface area contributed by atoms with Gasteiger partial charge in [0.15, 0.2) is 0 Å². The number of hydrogen-bond acceptors (Lipinski definition) is 3. The first-order chi connectivity index (χ1) is 8.54. The van der Waals surface area contributed by atoms with Gasteiger partial charge in [-0.2, -0.15) is 0 Å². The molecule has 1 unspecified atom stereocenters. The van der Waals surface area contributed by atoms with Crippen molar-refractivity contribution < 1.29 is 5.11 Å². The summed E-state index contributed by atoms with van der Waals surface area (Å²) in [6.07, 6.45) is 1.31. The fourth-order valence-corrected chi connectivity index (χ4v) is 3.07. The van der Waals surface area contributed by atoms with Crippen molar-refractivity contribution in [2.75, 3.05) is 33.7 Å². The number of likely N-dealkylation sites (tertiary alicyclic amines) is 1. The number of halogens is 1. The van der Waals surface area contributed by atoms with Crippen LogP contribution in [0, 0.1) is 5.92 Å². The van der Waals surface area contributed by atoms with E-state index in [-0.39, 0.29) is 0 Å². The third-order valence-corrected chi connectivity index (χ3v) is 4.16. The van der Waals surface area contributed by atoms with Crippen LogP contribution in [0.25, 0.3) is 0 Å². The Morgan fingerprint density at radius 2 is 2.28 bits per heavy atom. The maximum Gasteiger partial charge on any atom is 0.129 e. The maximum atomic E-state index is 9.47. The first-order valence-corrected chi connectivity index (χ1v) is 7.18.